The number of thiophene rings is 1. The van der Waals surface area contributed by atoms with Gasteiger partial charge in [-0.15, -0.1) is 11.3 Å². The lowest BCUT2D eigenvalue weighted by atomic mass is 10.1. The Bertz CT molecular complexity index is 536. The third-order valence-electron chi connectivity index (χ3n) is 2.64. The van der Waals surface area contributed by atoms with Crippen molar-refractivity contribution in [3.8, 4) is 0 Å². The summed E-state index contributed by atoms with van der Waals surface area (Å²) in [5.74, 6) is -0.320. The second-order valence-electron chi connectivity index (χ2n) is 4.47. The summed E-state index contributed by atoms with van der Waals surface area (Å²) in [5.41, 5.74) is 2.48. The largest absolute Gasteiger partial charge is 0.462 e. The maximum absolute atomic E-state index is 12.0. The van der Waals surface area contributed by atoms with Gasteiger partial charge in [-0.2, -0.15) is 0 Å². The van der Waals surface area contributed by atoms with E-state index >= 15 is 0 Å². The highest BCUT2D eigenvalue weighted by atomic mass is 32.1. The van der Waals surface area contributed by atoms with E-state index in [4.69, 9.17) is 17.0 Å². The summed E-state index contributed by atoms with van der Waals surface area (Å²) in [5, 5.41) is 7.29. The van der Waals surface area contributed by atoms with Crippen LogP contribution < -0.4 is 10.6 Å². The number of hydrogen-bond acceptors (Lipinski definition) is 4. The normalized spacial score (nSPS) is 10.0. The fraction of sp³-hybridized carbons (Fsp3) is 0.429. The Morgan fingerprint density at radius 1 is 1.45 bits per heavy atom. The second kappa shape index (κ2) is 7.40. The van der Waals surface area contributed by atoms with Gasteiger partial charge in [0.25, 0.3) is 0 Å². The first-order valence-electron chi connectivity index (χ1n) is 6.33. The van der Waals surface area contributed by atoms with E-state index in [9.17, 15) is 4.79 Å². The Balaban J connectivity index is 2.89. The molecule has 2 N–H and O–H groups in total. The standard InChI is InChI=1S/C14H20N2O2S2/c1-6-18-13(17)11-9(4)10(5)20-12(11)16-14(19)15-7-8(2)3/h2,6-7H2,1,3-5H3,(H2,15,16,19). The van der Waals surface area contributed by atoms with Gasteiger partial charge < -0.3 is 15.4 Å². The van der Waals surface area contributed by atoms with Gasteiger partial charge in [-0.05, 0) is 45.5 Å². The first-order valence-corrected chi connectivity index (χ1v) is 7.55. The Morgan fingerprint density at radius 3 is 2.65 bits per heavy atom. The summed E-state index contributed by atoms with van der Waals surface area (Å²) in [6.07, 6.45) is 0. The van der Waals surface area contributed by atoms with Gasteiger partial charge in [-0.1, -0.05) is 12.2 Å². The van der Waals surface area contributed by atoms with E-state index in [1.54, 1.807) is 6.92 Å². The third kappa shape index (κ3) is 4.31. The van der Waals surface area contributed by atoms with Crippen molar-refractivity contribution >= 4 is 39.6 Å². The summed E-state index contributed by atoms with van der Waals surface area (Å²) in [6.45, 7) is 12.3. The minimum absolute atomic E-state index is 0.320. The Morgan fingerprint density at radius 2 is 2.10 bits per heavy atom. The number of ether oxygens (including phenoxy) is 1. The molecule has 0 aliphatic carbocycles. The molecule has 0 saturated heterocycles. The van der Waals surface area contributed by atoms with Gasteiger partial charge in [-0.25, -0.2) is 4.79 Å². The molecule has 0 aliphatic heterocycles. The van der Waals surface area contributed by atoms with Crippen LogP contribution in [0, 0.1) is 13.8 Å². The number of hydrogen-bond donors (Lipinski definition) is 2. The first-order chi connectivity index (χ1) is 9.36. The molecular weight excluding hydrogens is 292 g/mol. The van der Waals surface area contributed by atoms with Crippen molar-refractivity contribution in [2.24, 2.45) is 0 Å². The highest BCUT2D eigenvalue weighted by Crippen LogP contribution is 2.32. The van der Waals surface area contributed by atoms with E-state index in [2.05, 4.69) is 17.2 Å². The number of nitrogens with one attached hydrogen (secondary N) is 2. The van der Waals surface area contributed by atoms with Crippen LogP contribution in [0.15, 0.2) is 12.2 Å². The molecular formula is C14H20N2O2S2. The van der Waals surface area contributed by atoms with Crippen molar-refractivity contribution in [1.29, 1.82) is 0 Å². The molecule has 0 bridgehead atoms. The van der Waals surface area contributed by atoms with Crippen LogP contribution in [-0.4, -0.2) is 24.2 Å². The number of carbonyl (C=O) groups is 1. The molecule has 0 aliphatic rings. The van der Waals surface area contributed by atoms with Crippen LogP contribution in [0.5, 0.6) is 0 Å². The van der Waals surface area contributed by atoms with Gasteiger partial charge in [0.15, 0.2) is 5.11 Å². The summed E-state index contributed by atoms with van der Waals surface area (Å²) >= 11 is 6.70. The zero-order valence-electron chi connectivity index (χ0n) is 12.3. The summed E-state index contributed by atoms with van der Waals surface area (Å²) in [4.78, 5) is 13.1. The molecule has 0 radical (unpaired) electrons. The zero-order chi connectivity index (χ0) is 15.3. The third-order valence-corrected chi connectivity index (χ3v) is 4.01. The van der Waals surface area contributed by atoms with E-state index in [1.807, 2.05) is 20.8 Å². The summed E-state index contributed by atoms with van der Waals surface area (Å²) in [7, 11) is 0. The molecule has 1 heterocycles. The summed E-state index contributed by atoms with van der Waals surface area (Å²) in [6, 6.07) is 0. The second-order valence-corrected chi connectivity index (χ2v) is 6.11. The average Bonchev–Trinajstić information content (AvgIpc) is 2.62. The molecule has 0 atom stereocenters. The Labute approximate surface area is 129 Å². The van der Waals surface area contributed by atoms with Crippen LogP contribution in [0.2, 0.25) is 0 Å². The monoisotopic (exact) mass is 312 g/mol. The van der Waals surface area contributed by atoms with E-state index < -0.39 is 0 Å². The summed E-state index contributed by atoms with van der Waals surface area (Å²) < 4.78 is 5.09. The molecule has 0 fully saturated rings. The van der Waals surface area contributed by atoms with Gasteiger partial charge >= 0.3 is 5.97 Å². The van der Waals surface area contributed by atoms with Crippen molar-refractivity contribution < 1.29 is 9.53 Å². The van der Waals surface area contributed by atoms with Gasteiger partial charge in [0.2, 0.25) is 0 Å². The lowest BCUT2D eigenvalue weighted by Gasteiger charge is -2.10. The van der Waals surface area contributed by atoms with Crippen LogP contribution in [-0.2, 0) is 4.74 Å². The number of rotatable bonds is 5. The minimum Gasteiger partial charge on any atom is -0.462 e. The molecule has 1 aromatic rings. The Kier molecular flexibility index (Phi) is 6.16. The minimum atomic E-state index is -0.320. The highest BCUT2D eigenvalue weighted by Gasteiger charge is 2.21. The predicted octanol–water partition coefficient (Wildman–Crippen LogP) is 3.40. The number of carbonyl (C=O) groups excluding carboxylic acids is 1. The fourth-order valence-corrected chi connectivity index (χ4v) is 2.83. The van der Waals surface area contributed by atoms with Gasteiger partial charge in [0.05, 0.1) is 12.2 Å². The molecule has 0 aromatic carbocycles. The van der Waals surface area contributed by atoms with Crippen LogP contribution >= 0.6 is 23.6 Å². The van der Waals surface area contributed by atoms with Crippen LogP contribution in [0.1, 0.15) is 34.6 Å². The number of aryl methyl sites for hydroxylation is 1. The number of thiocarbonyl (C=S) groups is 1. The molecule has 0 unspecified atom stereocenters. The molecule has 110 valence electrons. The van der Waals surface area contributed by atoms with E-state index in [0.29, 0.717) is 23.8 Å². The van der Waals surface area contributed by atoms with Gasteiger partial charge in [0.1, 0.15) is 5.00 Å². The average molecular weight is 312 g/mol. The predicted molar refractivity (Wildman–Crippen MR) is 88.8 cm³/mol. The van der Waals surface area contributed by atoms with Crippen molar-refractivity contribution in [1.82, 2.24) is 5.32 Å². The van der Waals surface area contributed by atoms with Crippen molar-refractivity contribution in [3.05, 3.63) is 28.2 Å². The molecule has 0 saturated carbocycles. The molecule has 1 rings (SSSR count). The van der Waals surface area contributed by atoms with E-state index in [1.165, 1.54) is 11.3 Å². The first kappa shape index (κ1) is 16.7. The lowest BCUT2D eigenvalue weighted by Crippen LogP contribution is -2.29. The van der Waals surface area contributed by atoms with E-state index in [0.717, 1.165) is 21.0 Å². The smallest absolute Gasteiger partial charge is 0.341 e. The van der Waals surface area contributed by atoms with Crippen LogP contribution in [0.4, 0.5) is 5.00 Å². The highest BCUT2D eigenvalue weighted by molar-refractivity contribution is 7.80. The zero-order valence-corrected chi connectivity index (χ0v) is 13.9. The molecule has 20 heavy (non-hydrogen) atoms. The van der Waals surface area contributed by atoms with Crippen molar-refractivity contribution in [2.45, 2.75) is 27.7 Å². The molecule has 0 amide bonds. The maximum Gasteiger partial charge on any atom is 0.341 e. The topological polar surface area (TPSA) is 50.4 Å². The van der Waals surface area contributed by atoms with Crippen LogP contribution in [0.3, 0.4) is 0 Å². The fourth-order valence-electron chi connectivity index (χ4n) is 1.54. The Hall–Kier alpha value is -1.40. The van der Waals surface area contributed by atoms with Gasteiger partial charge in [0, 0.05) is 11.4 Å². The van der Waals surface area contributed by atoms with Crippen LogP contribution in [0.25, 0.3) is 0 Å². The quantitative estimate of drug-likeness (QED) is 0.496. The van der Waals surface area contributed by atoms with Crippen molar-refractivity contribution in [2.75, 3.05) is 18.5 Å². The number of esters is 1. The SMILES string of the molecule is C=C(C)CNC(=S)Nc1sc(C)c(C)c1C(=O)OCC. The molecule has 0 spiro atoms. The maximum atomic E-state index is 12.0. The van der Waals surface area contributed by atoms with Gasteiger partial charge in [-0.3, -0.25) is 0 Å². The van der Waals surface area contributed by atoms with Crippen molar-refractivity contribution in [3.63, 3.8) is 0 Å². The lowest BCUT2D eigenvalue weighted by molar-refractivity contribution is 0.0527. The molecule has 1 aromatic heterocycles. The molecule has 6 heteroatoms. The number of anilines is 1. The molecule has 4 nitrogen and oxygen atoms in total. The van der Waals surface area contributed by atoms with E-state index in [-0.39, 0.29) is 5.97 Å².